The van der Waals surface area contributed by atoms with Crippen molar-refractivity contribution in [3.8, 4) is 16.3 Å². The number of halogens is 2. The number of carboxylic acid groups (broad SMARTS) is 1. The minimum absolute atomic E-state index is 0.125. The van der Waals surface area contributed by atoms with Gasteiger partial charge in [0.25, 0.3) is 6.47 Å². The molecule has 1 N–H and O–H groups in total. The summed E-state index contributed by atoms with van der Waals surface area (Å²) in [6, 6.07) is 7.17. The van der Waals surface area contributed by atoms with Crippen LogP contribution in [-0.4, -0.2) is 41.2 Å². The van der Waals surface area contributed by atoms with E-state index in [1.165, 1.54) is 17.4 Å². The SMILES string of the molecule is CC1CC(C(C)(C)C)CN(Cc2ccc(-c3ncccc3OC(F)F)s2)C1.O=CO. The van der Waals surface area contributed by atoms with E-state index in [1.54, 1.807) is 23.6 Å². The molecule has 0 amide bonds. The predicted molar refractivity (Wildman–Crippen MR) is 115 cm³/mol. The molecule has 0 radical (unpaired) electrons. The lowest BCUT2D eigenvalue weighted by atomic mass is 9.74. The van der Waals surface area contributed by atoms with Gasteiger partial charge in [0.2, 0.25) is 0 Å². The Bertz CT molecular complexity index is 808. The maximum Gasteiger partial charge on any atom is 0.387 e. The first-order valence-corrected chi connectivity index (χ1v) is 10.7. The Morgan fingerprint density at radius 2 is 2.03 bits per heavy atom. The minimum atomic E-state index is -2.85. The summed E-state index contributed by atoms with van der Waals surface area (Å²) in [5.74, 6) is 1.49. The summed E-state index contributed by atoms with van der Waals surface area (Å²) in [5.41, 5.74) is 0.789. The molecule has 0 bridgehead atoms. The summed E-state index contributed by atoms with van der Waals surface area (Å²) in [5, 5.41) is 6.89. The molecular formula is C22H30F2N2O3S. The Kier molecular flexibility index (Phi) is 8.73. The van der Waals surface area contributed by atoms with Crippen LogP contribution < -0.4 is 4.74 Å². The molecule has 1 aliphatic heterocycles. The highest BCUT2D eigenvalue weighted by Crippen LogP contribution is 2.38. The maximum atomic E-state index is 12.6. The lowest BCUT2D eigenvalue weighted by molar-refractivity contribution is -0.122. The number of alkyl halides is 2. The van der Waals surface area contributed by atoms with Crippen LogP contribution in [0.2, 0.25) is 0 Å². The first kappa shape index (κ1) is 24.2. The fourth-order valence-corrected chi connectivity index (χ4v) is 4.85. The zero-order valence-electron chi connectivity index (χ0n) is 17.8. The second kappa shape index (κ2) is 10.8. The van der Waals surface area contributed by atoms with Crippen molar-refractivity contribution in [3.05, 3.63) is 35.3 Å². The molecule has 166 valence electrons. The smallest absolute Gasteiger partial charge is 0.387 e. The van der Waals surface area contributed by atoms with Gasteiger partial charge in [-0.1, -0.05) is 27.7 Å². The van der Waals surface area contributed by atoms with Crippen LogP contribution in [-0.2, 0) is 11.3 Å². The Balaban J connectivity index is 0.00000101. The van der Waals surface area contributed by atoms with E-state index in [-0.39, 0.29) is 12.2 Å². The van der Waals surface area contributed by atoms with Crippen molar-refractivity contribution in [2.24, 2.45) is 17.3 Å². The van der Waals surface area contributed by atoms with Gasteiger partial charge in [-0.25, -0.2) is 0 Å². The fraction of sp³-hybridized carbons (Fsp3) is 0.545. The third-order valence-corrected chi connectivity index (χ3v) is 6.30. The minimum Gasteiger partial charge on any atom is -0.483 e. The van der Waals surface area contributed by atoms with Crippen LogP contribution in [0.1, 0.15) is 39.0 Å². The van der Waals surface area contributed by atoms with Crippen LogP contribution >= 0.6 is 11.3 Å². The summed E-state index contributed by atoms with van der Waals surface area (Å²) in [7, 11) is 0. The van der Waals surface area contributed by atoms with Gasteiger partial charge in [0.05, 0.1) is 4.88 Å². The zero-order valence-corrected chi connectivity index (χ0v) is 18.7. The van der Waals surface area contributed by atoms with Gasteiger partial charge in [-0.15, -0.1) is 11.3 Å². The molecule has 5 nitrogen and oxygen atoms in total. The number of carbonyl (C=O) groups is 1. The number of hydrogen-bond donors (Lipinski definition) is 1. The van der Waals surface area contributed by atoms with Crippen molar-refractivity contribution in [1.82, 2.24) is 9.88 Å². The molecule has 2 aromatic rings. The van der Waals surface area contributed by atoms with Gasteiger partial charge in [0.1, 0.15) is 5.69 Å². The number of rotatable bonds is 5. The number of hydrogen-bond acceptors (Lipinski definition) is 5. The summed E-state index contributed by atoms with van der Waals surface area (Å²) in [4.78, 5) is 17.2. The van der Waals surface area contributed by atoms with Crippen LogP contribution in [0.5, 0.6) is 5.75 Å². The molecule has 0 saturated carbocycles. The largest absolute Gasteiger partial charge is 0.483 e. The Hall–Kier alpha value is -2.06. The van der Waals surface area contributed by atoms with E-state index in [1.807, 2.05) is 6.07 Å². The van der Waals surface area contributed by atoms with Gasteiger partial charge < -0.3 is 9.84 Å². The Morgan fingerprint density at radius 3 is 2.67 bits per heavy atom. The second-order valence-electron chi connectivity index (χ2n) is 8.70. The van der Waals surface area contributed by atoms with Crippen molar-refractivity contribution < 1.29 is 23.4 Å². The molecule has 3 heterocycles. The molecule has 0 spiro atoms. The Morgan fingerprint density at radius 1 is 1.33 bits per heavy atom. The highest BCUT2D eigenvalue weighted by atomic mass is 32.1. The summed E-state index contributed by atoms with van der Waals surface area (Å²) >= 11 is 1.60. The molecule has 30 heavy (non-hydrogen) atoms. The third-order valence-electron chi connectivity index (χ3n) is 5.22. The monoisotopic (exact) mass is 440 g/mol. The zero-order chi connectivity index (χ0) is 22.3. The molecule has 2 unspecified atom stereocenters. The Labute approximate surface area is 180 Å². The van der Waals surface area contributed by atoms with Crippen LogP contribution in [0.3, 0.4) is 0 Å². The molecule has 1 saturated heterocycles. The number of thiophene rings is 1. The van der Waals surface area contributed by atoms with Crippen LogP contribution in [0.25, 0.3) is 10.6 Å². The van der Waals surface area contributed by atoms with Crippen molar-refractivity contribution >= 4 is 17.8 Å². The van der Waals surface area contributed by atoms with Gasteiger partial charge in [0, 0.05) is 30.7 Å². The van der Waals surface area contributed by atoms with Crippen LogP contribution in [0, 0.1) is 17.3 Å². The molecule has 2 atom stereocenters. The van der Waals surface area contributed by atoms with Gasteiger partial charge >= 0.3 is 6.61 Å². The first-order valence-electron chi connectivity index (χ1n) is 9.93. The fourth-order valence-electron chi connectivity index (χ4n) is 3.80. The predicted octanol–water partition coefficient (Wildman–Crippen LogP) is 5.62. The lowest BCUT2D eigenvalue weighted by Crippen LogP contribution is -2.43. The van der Waals surface area contributed by atoms with E-state index >= 15 is 0 Å². The summed E-state index contributed by atoms with van der Waals surface area (Å²) in [6.45, 7) is 9.28. The van der Waals surface area contributed by atoms with Gasteiger partial charge in [-0.05, 0) is 47.9 Å². The van der Waals surface area contributed by atoms with E-state index in [4.69, 9.17) is 9.90 Å². The number of ether oxygens (including phenoxy) is 1. The molecule has 1 fully saturated rings. The highest BCUT2D eigenvalue weighted by molar-refractivity contribution is 7.15. The molecule has 1 aliphatic rings. The van der Waals surface area contributed by atoms with E-state index < -0.39 is 6.61 Å². The lowest BCUT2D eigenvalue weighted by Gasteiger charge is -2.42. The van der Waals surface area contributed by atoms with Crippen molar-refractivity contribution in [2.45, 2.75) is 47.3 Å². The molecule has 0 aromatic carbocycles. The average Bonchev–Trinajstić information content (AvgIpc) is 3.09. The molecular weight excluding hydrogens is 410 g/mol. The molecule has 2 aromatic heterocycles. The number of pyridine rings is 1. The summed E-state index contributed by atoms with van der Waals surface area (Å²) in [6.07, 6.45) is 2.88. The van der Waals surface area contributed by atoms with Crippen molar-refractivity contribution in [3.63, 3.8) is 0 Å². The number of nitrogens with zero attached hydrogens (tertiary/aromatic N) is 2. The molecule has 3 rings (SSSR count). The third kappa shape index (κ3) is 7.02. The first-order chi connectivity index (χ1) is 14.1. The second-order valence-corrected chi connectivity index (χ2v) is 9.87. The van der Waals surface area contributed by atoms with Gasteiger partial charge in [-0.2, -0.15) is 8.78 Å². The van der Waals surface area contributed by atoms with E-state index in [0.29, 0.717) is 22.9 Å². The topological polar surface area (TPSA) is 62.7 Å². The van der Waals surface area contributed by atoms with Gasteiger partial charge in [0.15, 0.2) is 5.75 Å². The van der Waals surface area contributed by atoms with Crippen molar-refractivity contribution in [2.75, 3.05) is 13.1 Å². The van der Waals surface area contributed by atoms with Crippen LogP contribution in [0.4, 0.5) is 8.78 Å². The number of likely N-dealkylation sites (tertiary alicyclic amines) is 1. The van der Waals surface area contributed by atoms with Crippen molar-refractivity contribution in [1.29, 1.82) is 0 Å². The number of piperidine rings is 1. The van der Waals surface area contributed by atoms with Crippen LogP contribution in [0.15, 0.2) is 30.5 Å². The standard InChI is InChI=1S/C21H28F2N2OS.CH2O2/c1-14-10-15(21(2,3)4)12-25(11-14)13-16-7-8-18(27-16)19-17(26-20(22)23)6-5-9-24-19;2-1-3/h5-9,14-15,20H,10-13H2,1-4H3;1H,(H,2,3). The molecule has 8 heteroatoms. The number of aromatic nitrogens is 1. The van der Waals surface area contributed by atoms with Gasteiger partial charge in [-0.3, -0.25) is 14.7 Å². The normalized spacial score (nSPS) is 19.8. The summed E-state index contributed by atoms with van der Waals surface area (Å²) < 4.78 is 29.9. The maximum absolute atomic E-state index is 12.6. The van der Waals surface area contributed by atoms with E-state index in [9.17, 15) is 8.78 Å². The molecule has 0 aliphatic carbocycles. The quantitative estimate of drug-likeness (QED) is 0.612. The average molecular weight is 441 g/mol. The van der Waals surface area contributed by atoms with E-state index in [0.717, 1.165) is 24.5 Å². The highest BCUT2D eigenvalue weighted by Gasteiger charge is 2.32. The van der Waals surface area contributed by atoms with E-state index in [2.05, 4.69) is 48.4 Å².